The van der Waals surface area contributed by atoms with Crippen LogP contribution in [0.15, 0.2) is 18.2 Å². The first-order chi connectivity index (χ1) is 8.56. The van der Waals surface area contributed by atoms with E-state index in [2.05, 4.69) is 32.2 Å². The molecule has 3 N–H and O–H groups in total. The van der Waals surface area contributed by atoms with Gasteiger partial charge in [-0.1, -0.05) is 31.3 Å². The quantitative estimate of drug-likeness (QED) is 0.592. The zero-order chi connectivity index (χ0) is 13.5. The van der Waals surface area contributed by atoms with Crippen molar-refractivity contribution in [3.05, 3.63) is 29.3 Å². The van der Waals surface area contributed by atoms with Crippen LogP contribution in [0.1, 0.15) is 31.4 Å². The topological polar surface area (TPSA) is 38.0 Å². The molecule has 100 valence electrons. The summed E-state index contributed by atoms with van der Waals surface area (Å²) in [6, 6.07) is 6.48. The highest BCUT2D eigenvalue weighted by atomic mass is 32.2. The first-order valence-corrected chi connectivity index (χ1v) is 7.86. The highest BCUT2D eigenvalue weighted by Gasteiger charge is 2.10. The number of benzene rings is 1. The number of rotatable bonds is 7. The Bertz CT molecular complexity index is 405. The Hall–Kier alpha value is -0.740. The third-order valence-electron chi connectivity index (χ3n) is 2.83. The van der Waals surface area contributed by atoms with Crippen molar-refractivity contribution in [2.24, 2.45) is 5.73 Å². The van der Waals surface area contributed by atoms with Gasteiger partial charge in [0.15, 0.2) is 0 Å². The van der Waals surface area contributed by atoms with Gasteiger partial charge in [0.25, 0.3) is 0 Å². The minimum absolute atomic E-state index is 0.429. The lowest BCUT2D eigenvalue weighted by molar-refractivity contribution is 0.770. The van der Waals surface area contributed by atoms with Gasteiger partial charge in [0.2, 0.25) is 0 Å². The molecule has 0 saturated heterocycles. The van der Waals surface area contributed by atoms with Crippen molar-refractivity contribution < 1.29 is 0 Å². The highest BCUT2D eigenvalue weighted by molar-refractivity contribution is 7.99. The lowest BCUT2D eigenvalue weighted by Crippen LogP contribution is -2.21. The standard InChI is InChI=1S/C14H22N2S2/c1-4-18-9-8-11(3)16-13-10(2)6-5-7-12(13)14(15)17/h5-7,11,16H,4,8-9H2,1-3H3,(H2,15,17). The van der Waals surface area contributed by atoms with Crippen LogP contribution in [-0.4, -0.2) is 22.5 Å². The fourth-order valence-electron chi connectivity index (χ4n) is 1.79. The number of thioether (sulfide) groups is 1. The minimum Gasteiger partial charge on any atom is -0.389 e. The molecule has 0 amide bonds. The van der Waals surface area contributed by atoms with Crippen LogP contribution >= 0.6 is 24.0 Å². The van der Waals surface area contributed by atoms with E-state index in [9.17, 15) is 0 Å². The van der Waals surface area contributed by atoms with Crippen molar-refractivity contribution in [2.75, 3.05) is 16.8 Å². The molecule has 2 nitrogen and oxygen atoms in total. The van der Waals surface area contributed by atoms with E-state index in [1.54, 1.807) is 0 Å². The van der Waals surface area contributed by atoms with E-state index >= 15 is 0 Å². The molecule has 1 rings (SSSR count). The van der Waals surface area contributed by atoms with Crippen LogP contribution in [0, 0.1) is 6.92 Å². The molecular weight excluding hydrogens is 260 g/mol. The van der Waals surface area contributed by atoms with Gasteiger partial charge < -0.3 is 11.1 Å². The van der Waals surface area contributed by atoms with Gasteiger partial charge in [0.1, 0.15) is 4.99 Å². The molecule has 0 saturated carbocycles. The van der Waals surface area contributed by atoms with Crippen molar-refractivity contribution in [2.45, 2.75) is 33.2 Å². The molecule has 0 radical (unpaired) electrons. The maximum absolute atomic E-state index is 5.77. The number of nitrogens with one attached hydrogen (secondary N) is 1. The third-order valence-corrected chi connectivity index (χ3v) is 3.98. The van der Waals surface area contributed by atoms with Crippen LogP contribution in [0.25, 0.3) is 0 Å². The Morgan fingerprint density at radius 2 is 2.22 bits per heavy atom. The van der Waals surface area contributed by atoms with E-state index in [4.69, 9.17) is 18.0 Å². The summed E-state index contributed by atoms with van der Waals surface area (Å²) < 4.78 is 0. The predicted molar refractivity (Wildman–Crippen MR) is 87.8 cm³/mol. The molecule has 1 aromatic rings. The van der Waals surface area contributed by atoms with Crippen molar-refractivity contribution in [3.63, 3.8) is 0 Å². The molecule has 0 heterocycles. The first kappa shape index (κ1) is 15.3. The largest absolute Gasteiger partial charge is 0.389 e. The molecule has 0 aliphatic rings. The Balaban J connectivity index is 2.73. The van der Waals surface area contributed by atoms with Gasteiger partial charge >= 0.3 is 0 Å². The van der Waals surface area contributed by atoms with Crippen LogP contribution in [-0.2, 0) is 0 Å². The van der Waals surface area contributed by atoms with Crippen molar-refractivity contribution in [1.29, 1.82) is 0 Å². The Labute approximate surface area is 120 Å². The minimum atomic E-state index is 0.429. The number of hydrogen-bond acceptors (Lipinski definition) is 3. The molecular formula is C14H22N2S2. The van der Waals surface area contributed by atoms with Gasteiger partial charge in [-0.2, -0.15) is 11.8 Å². The number of aryl methyl sites for hydroxylation is 1. The molecule has 0 fully saturated rings. The molecule has 0 aromatic heterocycles. The highest BCUT2D eigenvalue weighted by Crippen LogP contribution is 2.22. The predicted octanol–water partition coefficient (Wildman–Crippen LogP) is 3.57. The fraction of sp³-hybridized carbons (Fsp3) is 0.500. The van der Waals surface area contributed by atoms with E-state index in [1.807, 2.05) is 23.9 Å². The van der Waals surface area contributed by atoms with Crippen LogP contribution in [0.2, 0.25) is 0 Å². The average Bonchev–Trinajstić information content (AvgIpc) is 2.31. The monoisotopic (exact) mass is 282 g/mol. The SMILES string of the molecule is CCSCCC(C)Nc1c(C)cccc1C(N)=S. The molecule has 0 aliphatic carbocycles. The van der Waals surface area contributed by atoms with Gasteiger partial charge in [-0.3, -0.25) is 0 Å². The molecule has 1 aromatic carbocycles. The summed E-state index contributed by atoms with van der Waals surface area (Å²) in [6.45, 7) is 6.47. The number of para-hydroxylation sites is 1. The second-order valence-electron chi connectivity index (χ2n) is 4.39. The van der Waals surface area contributed by atoms with E-state index < -0.39 is 0 Å². The molecule has 4 heteroatoms. The number of thiocarbonyl (C=S) groups is 1. The number of hydrogen-bond donors (Lipinski definition) is 2. The fourth-order valence-corrected chi connectivity index (χ4v) is 2.77. The van der Waals surface area contributed by atoms with E-state index in [0.717, 1.165) is 17.7 Å². The maximum atomic E-state index is 5.77. The average molecular weight is 282 g/mol. The molecule has 0 bridgehead atoms. The van der Waals surface area contributed by atoms with Crippen LogP contribution in [0.3, 0.4) is 0 Å². The van der Waals surface area contributed by atoms with Crippen LogP contribution in [0.4, 0.5) is 5.69 Å². The molecule has 0 spiro atoms. The Kier molecular flexibility index (Phi) is 6.50. The molecule has 18 heavy (non-hydrogen) atoms. The summed E-state index contributed by atoms with van der Waals surface area (Å²) >= 11 is 7.07. The molecule has 0 aliphatic heterocycles. The van der Waals surface area contributed by atoms with Gasteiger partial charge in [-0.05, 0) is 43.4 Å². The third kappa shape index (κ3) is 4.50. The summed E-state index contributed by atoms with van der Waals surface area (Å²) in [5, 5.41) is 3.54. The zero-order valence-electron chi connectivity index (χ0n) is 11.3. The van der Waals surface area contributed by atoms with E-state index in [1.165, 1.54) is 17.1 Å². The zero-order valence-corrected chi connectivity index (χ0v) is 13.0. The first-order valence-electron chi connectivity index (χ1n) is 6.30. The van der Waals surface area contributed by atoms with Crippen molar-refractivity contribution in [1.82, 2.24) is 0 Å². The smallest absolute Gasteiger partial charge is 0.106 e. The Morgan fingerprint density at radius 1 is 1.50 bits per heavy atom. The number of anilines is 1. The van der Waals surface area contributed by atoms with Gasteiger partial charge in [0, 0.05) is 17.3 Å². The summed E-state index contributed by atoms with van der Waals surface area (Å²) in [4.78, 5) is 0.455. The summed E-state index contributed by atoms with van der Waals surface area (Å²) in [5.41, 5.74) is 8.99. The molecule has 1 atom stereocenters. The number of nitrogens with two attached hydrogens (primary N) is 1. The van der Waals surface area contributed by atoms with E-state index in [0.29, 0.717) is 11.0 Å². The van der Waals surface area contributed by atoms with Crippen molar-refractivity contribution in [3.8, 4) is 0 Å². The van der Waals surface area contributed by atoms with Gasteiger partial charge in [-0.25, -0.2) is 0 Å². The normalized spacial score (nSPS) is 12.2. The van der Waals surface area contributed by atoms with Gasteiger partial charge in [0.05, 0.1) is 0 Å². The summed E-state index contributed by atoms with van der Waals surface area (Å²) in [5.74, 6) is 2.36. The second kappa shape index (κ2) is 7.64. The van der Waals surface area contributed by atoms with Crippen molar-refractivity contribution >= 4 is 34.7 Å². The van der Waals surface area contributed by atoms with Crippen LogP contribution in [0.5, 0.6) is 0 Å². The van der Waals surface area contributed by atoms with Crippen LogP contribution < -0.4 is 11.1 Å². The lowest BCUT2D eigenvalue weighted by atomic mass is 10.1. The Morgan fingerprint density at radius 3 is 2.83 bits per heavy atom. The summed E-state index contributed by atoms with van der Waals surface area (Å²) in [7, 11) is 0. The molecule has 1 unspecified atom stereocenters. The lowest BCUT2D eigenvalue weighted by Gasteiger charge is -2.19. The van der Waals surface area contributed by atoms with E-state index in [-0.39, 0.29) is 0 Å². The maximum Gasteiger partial charge on any atom is 0.106 e. The second-order valence-corrected chi connectivity index (χ2v) is 6.23. The summed E-state index contributed by atoms with van der Waals surface area (Å²) in [6.07, 6.45) is 1.14. The van der Waals surface area contributed by atoms with Gasteiger partial charge in [-0.15, -0.1) is 0 Å².